The summed E-state index contributed by atoms with van der Waals surface area (Å²) in [5, 5.41) is 8.76. The summed E-state index contributed by atoms with van der Waals surface area (Å²) in [5.41, 5.74) is 0. The topological polar surface area (TPSA) is 47.3 Å². The minimum atomic E-state index is -0.0520. The summed E-state index contributed by atoms with van der Waals surface area (Å²) in [6.07, 6.45) is 1.75. The SMILES string of the molecule is CCOc1cn(C)c(CO)n1. The van der Waals surface area contributed by atoms with E-state index in [1.165, 1.54) is 0 Å². The lowest BCUT2D eigenvalue weighted by atomic mass is 10.6. The average Bonchev–Trinajstić information content (AvgIpc) is 2.32. The number of aryl methyl sites for hydroxylation is 1. The van der Waals surface area contributed by atoms with E-state index in [4.69, 9.17) is 9.84 Å². The van der Waals surface area contributed by atoms with Crippen molar-refractivity contribution < 1.29 is 9.84 Å². The van der Waals surface area contributed by atoms with E-state index in [-0.39, 0.29) is 6.61 Å². The highest BCUT2D eigenvalue weighted by molar-refractivity contribution is 5.08. The van der Waals surface area contributed by atoms with Crippen LogP contribution in [0.5, 0.6) is 5.88 Å². The highest BCUT2D eigenvalue weighted by Crippen LogP contribution is 2.08. The fraction of sp³-hybridized carbons (Fsp3) is 0.571. The van der Waals surface area contributed by atoms with E-state index in [1.807, 2.05) is 14.0 Å². The van der Waals surface area contributed by atoms with Crippen LogP contribution in [0.4, 0.5) is 0 Å². The second kappa shape index (κ2) is 3.39. The zero-order chi connectivity index (χ0) is 8.27. The van der Waals surface area contributed by atoms with Crippen LogP contribution in [-0.4, -0.2) is 21.3 Å². The van der Waals surface area contributed by atoms with E-state index in [0.29, 0.717) is 18.3 Å². The monoisotopic (exact) mass is 156 g/mol. The van der Waals surface area contributed by atoms with Gasteiger partial charge in [-0.2, -0.15) is 4.98 Å². The summed E-state index contributed by atoms with van der Waals surface area (Å²) in [7, 11) is 1.82. The number of ether oxygens (including phenoxy) is 1. The fourth-order valence-corrected chi connectivity index (χ4v) is 0.839. The molecule has 1 N–H and O–H groups in total. The molecule has 0 atom stereocenters. The van der Waals surface area contributed by atoms with Gasteiger partial charge in [-0.05, 0) is 6.92 Å². The molecule has 0 radical (unpaired) electrons. The van der Waals surface area contributed by atoms with Crippen molar-refractivity contribution in [2.75, 3.05) is 6.61 Å². The van der Waals surface area contributed by atoms with E-state index >= 15 is 0 Å². The first kappa shape index (κ1) is 8.07. The molecule has 4 nitrogen and oxygen atoms in total. The normalized spacial score (nSPS) is 10.1. The third-order valence-electron chi connectivity index (χ3n) is 1.38. The van der Waals surface area contributed by atoms with Crippen molar-refractivity contribution in [2.24, 2.45) is 7.05 Å². The first-order valence-electron chi connectivity index (χ1n) is 3.53. The van der Waals surface area contributed by atoms with Crippen LogP contribution in [0.1, 0.15) is 12.7 Å². The molecule has 1 aromatic heterocycles. The van der Waals surface area contributed by atoms with Gasteiger partial charge in [0.05, 0.1) is 12.8 Å². The van der Waals surface area contributed by atoms with Crippen molar-refractivity contribution >= 4 is 0 Å². The molecular weight excluding hydrogens is 144 g/mol. The van der Waals surface area contributed by atoms with Crippen LogP contribution in [0.25, 0.3) is 0 Å². The van der Waals surface area contributed by atoms with Crippen molar-refractivity contribution in [3.63, 3.8) is 0 Å². The molecule has 0 saturated heterocycles. The third kappa shape index (κ3) is 1.71. The van der Waals surface area contributed by atoms with E-state index in [0.717, 1.165) is 0 Å². The van der Waals surface area contributed by atoms with Crippen LogP contribution in [0.15, 0.2) is 6.20 Å². The first-order chi connectivity index (χ1) is 5.27. The summed E-state index contributed by atoms with van der Waals surface area (Å²) in [6, 6.07) is 0. The van der Waals surface area contributed by atoms with E-state index in [9.17, 15) is 0 Å². The Morgan fingerprint density at radius 3 is 2.91 bits per heavy atom. The highest BCUT2D eigenvalue weighted by atomic mass is 16.5. The minimum Gasteiger partial charge on any atom is -0.477 e. The summed E-state index contributed by atoms with van der Waals surface area (Å²) in [4.78, 5) is 4.01. The standard InChI is InChI=1S/C7H12N2O2/c1-3-11-7-4-9(2)6(5-10)8-7/h4,10H,3,5H2,1-2H3. The molecule has 0 spiro atoms. The van der Waals surface area contributed by atoms with Crippen LogP contribution >= 0.6 is 0 Å². The van der Waals surface area contributed by atoms with Crippen LogP contribution < -0.4 is 4.74 Å². The molecule has 0 amide bonds. The molecule has 0 aliphatic rings. The largest absolute Gasteiger partial charge is 0.477 e. The molecule has 0 saturated carbocycles. The van der Waals surface area contributed by atoms with Gasteiger partial charge in [0.25, 0.3) is 0 Å². The summed E-state index contributed by atoms with van der Waals surface area (Å²) in [6.45, 7) is 2.44. The third-order valence-corrected chi connectivity index (χ3v) is 1.38. The molecule has 0 unspecified atom stereocenters. The van der Waals surface area contributed by atoms with E-state index in [2.05, 4.69) is 4.98 Å². The van der Waals surface area contributed by atoms with Gasteiger partial charge in [0.2, 0.25) is 5.88 Å². The zero-order valence-electron chi connectivity index (χ0n) is 6.74. The fourth-order valence-electron chi connectivity index (χ4n) is 0.839. The number of rotatable bonds is 3. The highest BCUT2D eigenvalue weighted by Gasteiger charge is 2.02. The summed E-state index contributed by atoms with van der Waals surface area (Å²) >= 11 is 0. The maximum atomic E-state index is 8.76. The van der Waals surface area contributed by atoms with Gasteiger partial charge in [-0.3, -0.25) is 0 Å². The maximum Gasteiger partial charge on any atom is 0.231 e. The zero-order valence-corrected chi connectivity index (χ0v) is 6.74. The van der Waals surface area contributed by atoms with Gasteiger partial charge in [0.1, 0.15) is 12.4 Å². The number of imidazole rings is 1. The van der Waals surface area contributed by atoms with Crippen LogP contribution in [0.3, 0.4) is 0 Å². The lowest BCUT2D eigenvalue weighted by molar-refractivity contribution is 0.265. The Balaban J connectivity index is 2.77. The lowest BCUT2D eigenvalue weighted by Crippen LogP contribution is -1.95. The van der Waals surface area contributed by atoms with Crippen molar-refractivity contribution in [1.82, 2.24) is 9.55 Å². The molecule has 1 rings (SSSR count). The van der Waals surface area contributed by atoms with Gasteiger partial charge in [0, 0.05) is 7.05 Å². The molecule has 0 bridgehead atoms. The lowest BCUT2D eigenvalue weighted by Gasteiger charge is -1.93. The first-order valence-corrected chi connectivity index (χ1v) is 3.53. The van der Waals surface area contributed by atoms with Gasteiger partial charge in [0.15, 0.2) is 0 Å². The molecule has 0 fully saturated rings. The number of aliphatic hydroxyl groups is 1. The smallest absolute Gasteiger partial charge is 0.231 e. The molecule has 62 valence electrons. The van der Waals surface area contributed by atoms with E-state index in [1.54, 1.807) is 10.8 Å². The average molecular weight is 156 g/mol. The van der Waals surface area contributed by atoms with Crippen molar-refractivity contribution in [3.8, 4) is 5.88 Å². The van der Waals surface area contributed by atoms with Crippen molar-refractivity contribution in [2.45, 2.75) is 13.5 Å². The van der Waals surface area contributed by atoms with Crippen LogP contribution in [-0.2, 0) is 13.7 Å². The number of hydrogen-bond acceptors (Lipinski definition) is 3. The van der Waals surface area contributed by atoms with Gasteiger partial charge < -0.3 is 14.4 Å². The van der Waals surface area contributed by atoms with Gasteiger partial charge >= 0.3 is 0 Å². The molecule has 0 aliphatic heterocycles. The molecule has 4 heteroatoms. The van der Waals surface area contributed by atoms with Gasteiger partial charge in [-0.1, -0.05) is 0 Å². The number of nitrogens with zero attached hydrogens (tertiary/aromatic N) is 2. The van der Waals surface area contributed by atoms with E-state index < -0.39 is 0 Å². The predicted molar refractivity (Wildman–Crippen MR) is 40.3 cm³/mol. The molecule has 1 heterocycles. The van der Waals surface area contributed by atoms with Crippen LogP contribution in [0, 0.1) is 0 Å². The molecular formula is C7H12N2O2. The number of aliphatic hydroxyl groups excluding tert-OH is 1. The Kier molecular flexibility index (Phi) is 2.48. The Morgan fingerprint density at radius 2 is 2.45 bits per heavy atom. The molecule has 0 aliphatic carbocycles. The Bertz CT molecular complexity index is 232. The maximum absolute atomic E-state index is 8.76. The van der Waals surface area contributed by atoms with Crippen LogP contribution in [0.2, 0.25) is 0 Å². The predicted octanol–water partition coefficient (Wildman–Crippen LogP) is 0.311. The number of hydrogen-bond donors (Lipinski definition) is 1. The van der Waals surface area contributed by atoms with Gasteiger partial charge in [-0.25, -0.2) is 0 Å². The Labute approximate surface area is 65.4 Å². The quantitative estimate of drug-likeness (QED) is 0.685. The molecule has 0 aromatic carbocycles. The summed E-state index contributed by atoms with van der Waals surface area (Å²) in [5.74, 6) is 1.19. The Morgan fingerprint density at radius 1 is 1.73 bits per heavy atom. The molecule has 1 aromatic rings. The van der Waals surface area contributed by atoms with Gasteiger partial charge in [-0.15, -0.1) is 0 Å². The summed E-state index contributed by atoms with van der Waals surface area (Å²) < 4.78 is 6.87. The second-order valence-corrected chi connectivity index (χ2v) is 2.20. The Hall–Kier alpha value is -1.03. The molecule has 11 heavy (non-hydrogen) atoms. The number of aromatic nitrogens is 2. The van der Waals surface area contributed by atoms with Crippen molar-refractivity contribution in [3.05, 3.63) is 12.0 Å². The second-order valence-electron chi connectivity index (χ2n) is 2.20. The van der Waals surface area contributed by atoms with Crippen molar-refractivity contribution in [1.29, 1.82) is 0 Å². The minimum absolute atomic E-state index is 0.0520.